The summed E-state index contributed by atoms with van der Waals surface area (Å²) in [6.07, 6.45) is -4.89. The molecule has 0 unspecified atom stereocenters. The molecule has 7 nitrogen and oxygen atoms in total. The molecule has 2 aromatic rings. The highest BCUT2D eigenvalue weighted by Gasteiger charge is 2.51. The highest BCUT2D eigenvalue weighted by molar-refractivity contribution is 7.92. The van der Waals surface area contributed by atoms with Crippen molar-refractivity contribution in [1.29, 1.82) is 0 Å². The fourth-order valence-electron chi connectivity index (χ4n) is 2.04. The number of hydrogen-bond acceptors (Lipinski definition) is 5. The Hall–Kier alpha value is -2.19. The Bertz CT molecular complexity index is 1060. The third kappa shape index (κ3) is 3.58. The summed E-state index contributed by atoms with van der Waals surface area (Å²) in [5, 5.41) is 10.5. The van der Waals surface area contributed by atoms with E-state index in [2.05, 4.69) is 5.10 Å². The van der Waals surface area contributed by atoms with E-state index in [1.165, 1.54) is 0 Å². The van der Waals surface area contributed by atoms with Gasteiger partial charge in [0.15, 0.2) is 10.6 Å². The van der Waals surface area contributed by atoms with Gasteiger partial charge in [0.25, 0.3) is 9.84 Å². The molecule has 16 heteroatoms. The molecule has 0 aliphatic carbocycles. The molecule has 0 radical (unpaired) electrons. The molecule has 2 rings (SSSR count). The molecule has 0 fully saturated rings. The van der Waals surface area contributed by atoms with Crippen LogP contribution < -0.4 is 5.73 Å². The SMILES string of the molecule is Nc1c(S(=O)(=O)C(F)(F)F)c(C(=O)O)nn1-c1c(Cl)cc(C(F)(F)F)cc1Cl. The summed E-state index contributed by atoms with van der Waals surface area (Å²) in [6, 6.07) is 0.643. The summed E-state index contributed by atoms with van der Waals surface area (Å²) in [7, 11) is -6.28. The van der Waals surface area contributed by atoms with Gasteiger partial charge in [-0.3, -0.25) is 0 Å². The predicted molar refractivity (Wildman–Crippen MR) is 83.2 cm³/mol. The molecule has 0 spiro atoms. The third-order valence-corrected chi connectivity index (χ3v) is 5.33. The average Bonchev–Trinajstić information content (AvgIpc) is 2.82. The van der Waals surface area contributed by atoms with Gasteiger partial charge in [-0.05, 0) is 12.1 Å². The van der Waals surface area contributed by atoms with Crippen LogP contribution in [0.25, 0.3) is 5.69 Å². The van der Waals surface area contributed by atoms with Crippen molar-refractivity contribution in [1.82, 2.24) is 9.78 Å². The summed E-state index contributed by atoms with van der Waals surface area (Å²) in [4.78, 5) is 9.27. The first kappa shape index (κ1) is 22.1. The number of anilines is 1. The van der Waals surface area contributed by atoms with E-state index < -0.39 is 65.2 Å². The number of nitrogens with two attached hydrogens (primary N) is 1. The molecule has 0 atom stereocenters. The van der Waals surface area contributed by atoms with Crippen molar-refractivity contribution in [3.8, 4) is 5.69 Å². The van der Waals surface area contributed by atoms with Crippen LogP contribution in [-0.2, 0) is 16.0 Å². The number of aromatic carboxylic acids is 1. The van der Waals surface area contributed by atoms with E-state index in [9.17, 15) is 39.6 Å². The highest BCUT2D eigenvalue weighted by Crippen LogP contribution is 2.41. The molecule has 0 bridgehead atoms. The topological polar surface area (TPSA) is 115 Å². The van der Waals surface area contributed by atoms with Gasteiger partial charge in [-0.15, -0.1) is 0 Å². The van der Waals surface area contributed by atoms with Crippen molar-refractivity contribution in [3.63, 3.8) is 0 Å². The van der Waals surface area contributed by atoms with Crippen molar-refractivity contribution >= 4 is 44.8 Å². The van der Waals surface area contributed by atoms with Crippen LogP contribution in [0.4, 0.5) is 32.2 Å². The average molecular weight is 472 g/mol. The maximum absolute atomic E-state index is 12.8. The molecule has 3 N–H and O–H groups in total. The van der Waals surface area contributed by atoms with Gasteiger partial charge in [0, 0.05) is 0 Å². The highest BCUT2D eigenvalue weighted by atomic mass is 35.5. The zero-order valence-electron chi connectivity index (χ0n) is 12.7. The van der Waals surface area contributed by atoms with Gasteiger partial charge >= 0.3 is 17.7 Å². The lowest BCUT2D eigenvalue weighted by molar-refractivity contribution is -0.137. The van der Waals surface area contributed by atoms with Crippen LogP contribution in [0.15, 0.2) is 17.0 Å². The number of halogens is 8. The molecule has 0 aliphatic rings. The number of nitrogen functional groups attached to an aromatic ring is 1. The molecule has 1 aromatic heterocycles. The lowest BCUT2D eigenvalue weighted by atomic mass is 10.2. The fraction of sp³-hybridized carbons (Fsp3) is 0.167. The molecule has 0 saturated carbocycles. The number of aromatic nitrogens is 2. The Morgan fingerprint density at radius 3 is 1.93 bits per heavy atom. The Morgan fingerprint density at radius 1 is 1.11 bits per heavy atom. The summed E-state index contributed by atoms with van der Waals surface area (Å²) in [5.74, 6) is -3.56. The van der Waals surface area contributed by atoms with E-state index in [0.717, 1.165) is 0 Å². The summed E-state index contributed by atoms with van der Waals surface area (Å²) in [6.45, 7) is 0. The number of carbonyl (C=O) groups is 1. The van der Waals surface area contributed by atoms with Crippen molar-refractivity contribution in [2.75, 3.05) is 5.73 Å². The third-order valence-electron chi connectivity index (χ3n) is 3.21. The summed E-state index contributed by atoms with van der Waals surface area (Å²) < 4.78 is 100. The van der Waals surface area contributed by atoms with Crippen LogP contribution in [0, 0.1) is 0 Å². The summed E-state index contributed by atoms with van der Waals surface area (Å²) in [5.41, 5.74) is -4.31. The Balaban J connectivity index is 2.88. The van der Waals surface area contributed by atoms with Crippen LogP contribution >= 0.6 is 23.2 Å². The van der Waals surface area contributed by atoms with E-state index in [-0.39, 0.29) is 4.68 Å². The maximum atomic E-state index is 12.8. The van der Waals surface area contributed by atoms with E-state index in [0.29, 0.717) is 12.1 Å². The van der Waals surface area contributed by atoms with Gasteiger partial charge in [-0.1, -0.05) is 23.2 Å². The minimum Gasteiger partial charge on any atom is -0.476 e. The number of hydrogen-bond donors (Lipinski definition) is 2. The molecular formula is C12H5Cl2F6N3O4S. The summed E-state index contributed by atoms with van der Waals surface area (Å²) >= 11 is 11.3. The molecule has 1 aromatic carbocycles. The van der Waals surface area contributed by atoms with Crippen LogP contribution in [0.1, 0.15) is 16.1 Å². The largest absolute Gasteiger partial charge is 0.502 e. The van der Waals surface area contributed by atoms with Crippen molar-refractivity contribution < 1.29 is 44.7 Å². The van der Waals surface area contributed by atoms with Crippen LogP contribution in [-0.4, -0.2) is 34.8 Å². The van der Waals surface area contributed by atoms with Gasteiger partial charge in [0.1, 0.15) is 11.5 Å². The van der Waals surface area contributed by atoms with Crippen LogP contribution in [0.5, 0.6) is 0 Å². The quantitative estimate of drug-likeness (QED) is 0.658. The number of sulfone groups is 1. The van der Waals surface area contributed by atoms with Crippen LogP contribution in [0.2, 0.25) is 10.0 Å². The minimum atomic E-state index is -6.28. The Morgan fingerprint density at radius 2 is 1.57 bits per heavy atom. The zero-order chi connectivity index (χ0) is 21.8. The first-order chi connectivity index (χ1) is 12.5. The van der Waals surface area contributed by atoms with Gasteiger partial charge in [-0.25, -0.2) is 17.9 Å². The zero-order valence-corrected chi connectivity index (χ0v) is 15.1. The van der Waals surface area contributed by atoms with E-state index in [4.69, 9.17) is 34.0 Å². The normalized spacial score (nSPS) is 13.0. The van der Waals surface area contributed by atoms with E-state index in [1.807, 2.05) is 0 Å². The lowest BCUT2D eigenvalue weighted by Crippen LogP contribution is -2.25. The molecule has 0 saturated heterocycles. The second-order valence-electron chi connectivity index (χ2n) is 5.02. The Kier molecular flexibility index (Phi) is 5.29. The van der Waals surface area contributed by atoms with Crippen LogP contribution in [0.3, 0.4) is 0 Å². The second-order valence-corrected chi connectivity index (χ2v) is 7.71. The lowest BCUT2D eigenvalue weighted by Gasteiger charge is -2.13. The van der Waals surface area contributed by atoms with Gasteiger partial charge < -0.3 is 10.8 Å². The van der Waals surface area contributed by atoms with E-state index in [1.54, 1.807) is 0 Å². The number of alkyl halides is 6. The molecule has 0 aliphatic heterocycles. The first-order valence-electron chi connectivity index (χ1n) is 6.50. The van der Waals surface area contributed by atoms with Gasteiger partial charge in [-0.2, -0.15) is 31.4 Å². The minimum absolute atomic E-state index is 0.104. The predicted octanol–water partition coefficient (Wildman–Crippen LogP) is 3.77. The first-order valence-corrected chi connectivity index (χ1v) is 8.73. The fourth-order valence-corrected chi connectivity index (χ4v) is 3.66. The molecular weight excluding hydrogens is 467 g/mol. The maximum Gasteiger partial charge on any atom is 0.502 e. The monoisotopic (exact) mass is 471 g/mol. The smallest absolute Gasteiger partial charge is 0.476 e. The number of carboxylic acid groups (broad SMARTS) is 1. The number of benzene rings is 1. The Labute approximate surface area is 161 Å². The second kappa shape index (κ2) is 6.70. The van der Waals surface area contributed by atoms with E-state index >= 15 is 0 Å². The number of rotatable bonds is 3. The molecule has 28 heavy (non-hydrogen) atoms. The molecule has 154 valence electrons. The standard InChI is InChI=1S/C12H5Cl2F6N3O4S/c13-4-1-3(11(15,16)17)2-5(14)7(4)23-9(21)8(6(22-23)10(24)25)28(26,27)12(18,19)20/h1-2H,21H2,(H,24,25). The van der Waals surface area contributed by atoms with Gasteiger partial charge in [0.05, 0.1) is 15.6 Å². The van der Waals surface area contributed by atoms with Crippen molar-refractivity contribution in [3.05, 3.63) is 33.4 Å². The number of carboxylic acids is 1. The molecule has 1 heterocycles. The van der Waals surface area contributed by atoms with Crippen molar-refractivity contribution in [2.45, 2.75) is 16.6 Å². The van der Waals surface area contributed by atoms with Gasteiger partial charge in [0.2, 0.25) is 0 Å². The van der Waals surface area contributed by atoms with Crippen molar-refractivity contribution in [2.24, 2.45) is 0 Å². The molecule has 0 amide bonds. The number of nitrogens with zero attached hydrogens (tertiary/aromatic N) is 2.